The van der Waals surface area contributed by atoms with Gasteiger partial charge in [-0.05, 0) is 44.9 Å². The van der Waals surface area contributed by atoms with Gasteiger partial charge < -0.3 is 20.3 Å². The Labute approximate surface area is 358 Å². The molecule has 0 heterocycles. The summed E-state index contributed by atoms with van der Waals surface area (Å²) >= 11 is 0. The Morgan fingerprint density at radius 3 is 1.40 bits per heavy atom. The highest BCUT2D eigenvalue weighted by atomic mass is 16.5. The van der Waals surface area contributed by atoms with E-state index in [0.717, 1.165) is 70.6 Å². The number of aliphatic hydroxyl groups excluding tert-OH is 2. The van der Waals surface area contributed by atoms with Crippen molar-refractivity contribution < 1.29 is 24.5 Å². The van der Waals surface area contributed by atoms with Gasteiger partial charge in [0, 0.05) is 6.42 Å². The fourth-order valence-corrected chi connectivity index (χ4v) is 7.05. The number of amides is 1. The average Bonchev–Trinajstić information content (AvgIpc) is 3.22. The highest BCUT2D eigenvalue weighted by Crippen LogP contribution is 2.18. The smallest absolute Gasteiger partial charge is 0.306 e. The van der Waals surface area contributed by atoms with Gasteiger partial charge in [0.25, 0.3) is 0 Å². The van der Waals surface area contributed by atoms with Crippen LogP contribution in [0.3, 0.4) is 0 Å². The second-order valence-corrected chi connectivity index (χ2v) is 16.3. The van der Waals surface area contributed by atoms with E-state index in [9.17, 15) is 19.8 Å². The van der Waals surface area contributed by atoms with Gasteiger partial charge in [0.15, 0.2) is 0 Å². The first-order chi connectivity index (χ1) is 28.5. The summed E-state index contributed by atoms with van der Waals surface area (Å²) in [6.07, 6.45) is 56.7. The van der Waals surface area contributed by atoms with Crippen LogP contribution in [0.15, 0.2) is 72.9 Å². The van der Waals surface area contributed by atoms with Gasteiger partial charge in [-0.1, -0.05) is 235 Å². The number of carbonyl (C=O) groups is 2. The summed E-state index contributed by atoms with van der Waals surface area (Å²) in [5.74, 6) is -0.526. The van der Waals surface area contributed by atoms with Gasteiger partial charge in [-0.15, -0.1) is 0 Å². The number of carbonyl (C=O) groups excluding carboxylic acids is 2. The lowest BCUT2D eigenvalue weighted by atomic mass is 10.0. The molecule has 0 fully saturated rings. The van der Waals surface area contributed by atoms with E-state index < -0.39 is 18.2 Å². The Balaban J connectivity index is 4.68. The lowest BCUT2D eigenvalue weighted by Gasteiger charge is -2.24. The number of aliphatic hydroxyl groups is 2. The molecule has 0 radical (unpaired) electrons. The number of esters is 1. The standard InChI is InChI=1S/C52H91NO5/c1-4-7-10-13-16-19-21-23-24-25-26-28-30-33-36-39-42-45-52(57)58-48(43-40-37-34-32-29-27-22-20-17-14-11-8-5-2)46-51(56)53-49(47-54)50(55)44-41-38-35-31-18-15-12-9-6-3/h7,10,13,16,19,21,23-26,28,30,48-50,54-55H,4-6,8-9,11-12,14-15,17-18,20,22,27,29,31-47H2,1-3H3,(H,53,56)/b10-7-,16-13+,21-19+,24-23-,26-25+,30-28+. The summed E-state index contributed by atoms with van der Waals surface area (Å²) in [7, 11) is 0. The zero-order valence-electron chi connectivity index (χ0n) is 37.9. The Hall–Kier alpha value is -2.70. The van der Waals surface area contributed by atoms with E-state index in [0.29, 0.717) is 19.3 Å². The predicted molar refractivity (Wildman–Crippen MR) is 250 cm³/mol. The van der Waals surface area contributed by atoms with E-state index in [-0.39, 0.29) is 24.9 Å². The van der Waals surface area contributed by atoms with Gasteiger partial charge in [-0.25, -0.2) is 0 Å². The minimum Gasteiger partial charge on any atom is -0.462 e. The molecule has 0 saturated carbocycles. The maximum absolute atomic E-state index is 13.1. The van der Waals surface area contributed by atoms with E-state index in [2.05, 4.69) is 44.3 Å². The van der Waals surface area contributed by atoms with E-state index in [1.54, 1.807) is 0 Å². The zero-order chi connectivity index (χ0) is 42.4. The predicted octanol–water partition coefficient (Wildman–Crippen LogP) is 14.2. The van der Waals surface area contributed by atoms with Crippen LogP contribution in [0.25, 0.3) is 0 Å². The first kappa shape index (κ1) is 55.3. The van der Waals surface area contributed by atoms with Crippen molar-refractivity contribution in [1.82, 2.24) is 5.32 Å². The second-order valence-electron chi connectivity index (χ2n) is 16.3. The summed E-state index contributed by atoms with van der Waals surface area (Å²) < 4.78 is 5.90. The second kappa shape index (κ2) is 45.4. The maximum Gasteiger partial charge on any atom is 0.306 e. The third-order valence-electron chi connectivity index (χ3n) is 10.7. The summed E-state index contributed by atoms with van der Waals surface area (Å²) in [6.45, 7) is 6.30. The molecule has 0 aromatic heterocycles. The van der Waals surface area contributed by atoms with Crippen LogP contribution in [0, 0.1) is 0 Å². The molecule has 0 rings (SSSR count). The molecule has 58 heavy (non-hydrogen) atoms. The molecule has 6 nitrogen and oxygen atoms in total. The van der Waals surface area contributed by atoms with Crippen molar-refractivity contribution in [3.05, 3.63) is 72.9 Å². The molecule has 0 bridgehead atoms. The Kier molecular flexibility index (Phi) is 43.3. The third-order valence-corrected chi connectivity index (χ3v) is 10.7. The molecule has 3 unspecified atom stereocenters. The van der Waals surface area contributed by atoms with Crippen molar-refractivity contribution in [2.75, 3.05) is 6.61 Å². The van der Waals surface area contributed by atoms with Crippen molar-refractivity contribution in [2.24, 2.45) is 0 Å². The quantitative estimate of drug-likeness (QED) is 0.0324. The summed E-state index contributed by atoms with van der Waals surface area (Å²) in [4.78, 5) is 26.0. The van der Waals surface area contributed by atoms with Gasteiger partial charge in [-0.2, -0.15) is 0 Å². The van der Waals surface area contributed by atoms with Crippen molar-refractivity contribution in [1.29, 1.82) is 0 Å². The molecule has 6 heteroatoms. The van der Waals surface area contributed by atoms with Crippen molar-refractivity contribution in [3.63, 3.8) is 0 Å². The number of unbranched alkanes of at least 4 members (excludes halogenated alkanes) is 23. The number of nitrogens with one attached hydrogen (secondary N) is 1. The molecule has 0 spiro atoms. The number of rotatable bonds is 42. The van der Waals surface area contributed by atoms with Crippen molar-refractivity contribution in [2.45, 2.75) is 238 Å². The lowest BCUT2D eigenvalue weighted by Crippen LogP contribution is -2.46. The first-order valence-electron chi connectivity index (χ1n) is 24.2. The lowest BCUT2D eigenvalue weighted by molar-refractivity contribution is -0.151. The molecule has 0 aromatic rings. The monoisotopic (exact) mass is 810 g/mol. The third kappa shape index (κ3) is 40.1. The zero-order valence-corrected chi connectivity index (χ0v) is 37.9. The van der Waals surface area contributed by atoms with Crippen LogP contribution in [-0.4, -0.2) is 46.9 Å². The van der Waals surface area contributed by atoms with E-state index in [4.69, 9.17) is 4.74 Å². The van der Waals surface area contributed by atoms with Crippen LogP contribution >= 0.6 is 0 Å². The van der Waals surface area contributed by atoms with Crippen molar-refractivity contribution >= 4 is 11.9 Å². The van der Waals surface area contributed by atoms with E-state index in [1.165, 1.54) is 103 Å². The van der Waals surface area contributed by atoms with Crippen LogP contribution in [0.5, 0.6) is 0 Å². The summed E-state index contributed by atoms with van der Waals surface area (Å²) in [5.41, 5.74) is 0. The van der Waals surface area contributed by atoms with E-state index >= 15 is 0 Å². The number of hydrogen-bond donors (Lipinski definition) is 3. The average molecular weight is 810 g/mol. The SMILES string of the molecule is CC\C=C/C=C/C=C/C=C\C=C\C=C\CCCCCC(=O)OC(CCCCCCCCCCCCCCC)CC(=O)NC(CO)C(O)CCCCCCCCCCC. The Bertz CT molecular complexity index is 1090. The normalized spacial score (nSPS) is 13.9. The number of allylic oxidation sites excluding steroid dienone is 12. The molecular weight excluding hydrogens is 719 g/mol. The van der Waals surface area contributed by atoms with Gasteiger partial charge in [0.1, 0.15) is 6.10 Å². The molecule has 0 aliphatic heterocycles. The van der Waals surface area contributed by atoms with Crippen LogP contribution in [-0.2, 0) is 14.3 Å². The Morgan fingerprint density at radius 1 is 0.517 bits per heavy atom. The first-order valence-corrected chi connectivity index (χ1v) is 24.2. The maximum atomic E-state index is 13.1. The molecule has 334 valence electrons. The van der Waals surface area contributed by atoms with Gasteiger partial charge in [0.2, 0.25) is 5.91 Å². The van der Waals surface area contributed by atoms with Gasteiger partial charge >= 0.3 is 5.97 Å². The van der Waals surface area contributed by atoms with E-state index in [1.807, 2.05) is 54.7 Å². The topological polar surface area (TPSA) is 95.9 Å². The molecule has 0 aliphatic carbocycles. The fourth-order valence-electron chi connectivity index (χ4n) is 7.05. The highest BCUT2D eigenvalue weighted by molar-refractivity contribution is 5.77. The molecule has 3 atom stereocenters. The molecule has 0 saturated heterocycles. The molecule has 3 N–H and O–H groups in total. The summed E-state index contributed by atoms with van der Waals surface area (Å²) in [6, 6.07) is -0.710. The molecule has 0 aromatic carbocycles. The fraction of sp³-hybridized carbons (Fsp3) is 0.731. The Morgan fingerprint density at radius 2 is 0.931 bits per heavy atom. The largest absolute Gasteiger partial charge is 0.462 e. The summed E-state index contributed by atoms with van der Waals surface area (Å²) in [5, 5.41) is 23.6. The number of ether oxygens (including phenoxy) is 1. The highest BCUT2D eigenvalue weighted by Gasteiger charge is 2.24. The minimum atomic E-state index is -0.795. The van der Waals surface area contributed by atoms with Gasteiger partial charge in [0.05, 0.1) is 25.2 Å². The van der Waals surface area contributed by atoms with Crippen LogP contribution in [0.2, 0.25) is 0 Å². The van der Waals surface area contributed by atoms with Crippen LogP contribution < -0.4 is 5.32 Å². The van der Waals surface area contributed by atoms with Crippen LogP contribution in [0.1, 0.15) is 220 Å². The minimum absolute atomic E-state index is 0.0583. The molecule has 1 amide bonds. The van der Waals surface area contributed by atoms with Crippen molar-refractivity contribution in [3.8, 4) is 0 Å². The molecular formula is C52H91NO5. The molecule has 0 aliphatic rings. The van der Waals surface area contributed by atoms with Crippen LogP contribution in [0.4, 0.5) is 0 Å². The number of hydrogen-bond acceptors (Lipinski definition) is 5. The van der Waals surface area contributed by atoms with Gasteiger partial charge in [-0.3, -0.25) is 9.59 Å².